The molecular formula is C14H19N3S. The van der Waals surface area contributed by atoms with Crippen LogP contribution in [0.2, 0.25) is 0 Å². The molecule has 1 saturated carbocycles. The van der Waals surface area contributed by atoms with E-state index in [-0.39, 0.29) is 0 Å². The standard InChI is InChI=1S/C14H19N3S/c18-14(15-12-6-7-12)17-10-8-16(9-11-17)13-4-2-1-3-5-13/h1-5,12H,6-11H2,(H,15,18). The summed E-state index contributed by atoms with van der Waals surface area (Å²) in [6.07, 6.45) is 2.56. The topological polar surface area (TPSA) is 18.5 Å². The smallest absolute Gasteiger partial charge is 0.169 e. The zero-order chi connectivity index (χ0) is 12.4. The minimum atomic E-state index is 0.657. The highest BCUT2D eigenvalue weighted by atomic mass is 32.1. The number of hydrogen-bond donors (Lipinski definition) is 1. The number of nitrogens with one attached hydrogen (secondary N) is 1. The van der Waals surface area contributed by atoms with E-state index in [1.54, 1.807) is 0 Å². The van der Waals surface area contributed by atoms with Gasteiger partial charge in [-0.1, -0.05) is 18.2 Å². The Morgan fingerprint density at radius 1 is 1.06 bits per heavy atom. The molecule has 0 spiro atoms. The van der Waals surface area contributed by atoms with Gasteiger partial charge < -0.3 is 15.1 Å². The van der Waals surface area contributed by atoms with Crippen molar-refractivity contribution in [3.63, 3.8) is 0 Å². The third-order valence-corrected chi connectivity index (χ3v) is 3.97. The summed E-state index contributed by atoms with van der Waals surface area (Å²) in [5.74, 6) is 0. The van der Waals surface area contributed by atoms with Gasteiger partial charge in [-0.05, 0) is 37.2 Å². The number of anilines is 1. The van der Waals surface area contributed by atoms with Crippen molar-refractivity contribution < 1.29 is 0 Å². The maximum atomic E-state index is 5.44. The highest BCUT2D eigenvalue weighted by Gasteiger charge is 2.25. The first-order valence-corrected chi connectivity index (χ1v) is 7.09. The third kappa shape index (κ3) is 2.75. The third-order valence-electron chi connectivity index (χ3n) is 3.59. The van der Waals surface area contributed by atoms with E-state index in [9.17, 15) is 0 Å². The predicted molar refractivity (Wildman–Crippen MR) is 79.0 cm³/mol. The molecule has 1 aromatic carbocycles. The lowest BCUT2D eigenvalue weighted by atomic mass is 10.2. The fourth-order valence-corrected chi connectivity index (χ4v) is 2.65. The lowest BCUT2D eigenvalue weighted by molar-refractivity contribution is 0.380. The SMILES string of the molecule is S=C(NC1CC1)N1CCN(c2ccccc2)CC1. The molecule has 1 saturated heterocycles. The van der Waals surface area contributed by atoms with Gasteiger partial charge in [0, 0.05) is 37.9 Å². The quantitative estimate of drug-likeness (QED) is 0.819. The van der Waals surface area contributed by atoms with Crippen LogP contribution in [-0.2, 0) is 0 Å². The highest BCUT2D eigenvalue weighted by Crippen LogP contribution is 2.20. The molecule has 1 aromatic rings. The Bertz CT molecular complexity index is 408. The fourth-order valence-electron chi connectivity index (χ4n) is 2.30. The van der Waals surface area contributed by atoms with Crippen LogP contribution in [-0.4, -0.2) is 42.2 Å². The Morgan fingerprint density at radius 2 is 1.72 bits per heavy atom. The minimum Gasteiger partial charge on any atom is -0.368 e. The first-order chi connectivity index (χ1) is 8.83. The summed E-state index contributed by atoms with van der Waals surface area (Å²) in [5, 5.41) is 4.37. The molecule has 0 radical (unpaired) electrons. The molecule has 1 N–H and O–H groups in total. The number of thiocarbonyl (C=S) groups is 1. The van der Waals surface area contributed by atoms with Crippen LogP contribution in [0.4, 0.5) is 5.69 Å². The zero-order valence-corrected chi connectivity index (χ0v) is 11.3. The van der Waals surface area contributed by atoms with Crippen LogP contribution in [0, 0.1) is 0 Å². The molecule has 0 bridgehead atoms. The Morgan fingerprint density at radius 3 is 2.33 bits per heavy atom. The maximum absolute atomic E-state index is 5.44. The summed E-state index contributed by atoms with van der Waals surface area (Å²) in [7, 11) is 0. The van der Waals surface area contributed by atoms with Crippen LogP contribution < -0.4 is 10.2 Å². The van der Waals surface area contributed by atoms with E-state index in [2.05, 4.69) is 45.4 Å². The molecule has 3 rings (SSSR count). The van der Waals surface area contributed by atoms with Gasteiger partial charge in [0.1, 0.15) is 0 Å². The molecule has 18 heavy (non-hydrogen) atoms. The first kappa shape index (κ1) is 11.8. The van der Waals surface area contributed by atoms with Crippen LogP contribution in [0.15, 0.2) is 30.3 Å². The zero-order valence-electron chi connectivity index (χ0n) is 10.5. The molecular weight excluding hydrogens is 242 g/mol. The van der Waals surface area contributed by atoms with E-state index >= 15 is 0 Å². The van der Waals surface area contributed by atoms with E-state index < -0.39 is 0 Å². The van der Waals surface area contributed by atoms with E-state index in [4.69, 9.17) is 12.2 Å². The maximum Gasteiger partial charge on any atom is 0.169 e. The van der Waals surface area contributed by atoms with Crippen LogP contribution in [0.3, 0.4) is 0 Å². The number of rotatable bonds is 2. The second-order valence-corrected chi connectivity index (χ2v) is 5.42. The molecule has 0 amide bonds. The average molecular weight is 261 g/mol. The Labute approximate surface area is 114 Å². The first-order valence-electron chi connectivity index (χ1n) is 6.68. The van der Waals surface area contributed by atoms with Gasteiger partial charge >= 0.3 is 0 Å². The van der Waals surface area contributed by atoms with Crippen molar-refractivity contribution in [1.29, 1.82) is 0 Å². The molecule has 2 aliphatic rings. The van der Waals surface area contributed by atoms with Crippen LogP contribution in [0.25, 0.3) is 0 Å². The van der Waals surface area contributed by atoms with Crippen molar-refractivity contribution in [2.75, 3.05) is 31.1 Å². The predicted octanol–water partition coefficient (Wildman–Crippen LogP) is 1.85. The lowest BCUT2D eigenvalue weighted by Gasteiger charge is -2.37. The number of hydrogen-bond acceptors (Lipinski definition) is 2. The Hall–Kier alpha value is -1.29. The van der Waals surface area contributed by atoms with Gasteiger partial charge in [0.2, 0.25) is 0 Å². The van der Waals surface area contributed by atoms with Gasteiger partial charge in [-0.25, -0.2) is 0 Å². The van der Waals surface area contributed by atoms with Crippen molar-refractivity contribution in [1.82, 2.24) is 10.2 Å². The summed E-state index contributed by atoms with van der Waals surface area (Å²) in [6, 6.07) is 11.3. The average Bonchev–Trinajstić information content (AvgIpc) is 3.24. The number of piperazine rings is 1. The lowest BCUT2D eigenvalue weighted by Crippen LogP contribution is -2.52. The van der Waals surface area contributed by atoms with Gasteiger partial charge in [-0.2, -0.15) is 0 Å². The molecule has 96 valence electrons. The minimum absolute atomic E-state index is 0.657. The van der Waals surface area contributed by atoms with E-state index in [1.165, 1.54) is 18.5 Å². The van der Waals surface area contributed by atoms with Crippen molar-refractivity contribution in [3.8, 4) is 0 Å². The van der Waals surface area contributed by atoms with Crippen molar-refractivity contribution in [2.45, 2.75) is 18.9 Å². The Balaban J connectivity index is 1.53. The molecule has 1 heterocycles. The van der Waals surface area contributed by atoms with Crippen molar-refractivity contribution >= 4 is 23.0 Å². The number of benzene rings is 1. The summed E-state index contributed by atoms with van der Waals surface area (Å²) < 4.78 is 0. The van der Waals surface area contributed by atoms with E-state index in [0.29, 0.717) is 6.04 Å². The van der Waals surface area contributed by atoms with Gasteiger partial charge in [0.05, 0.1) is 0 Å². The Kier molecular flexibility index (Phi) is 3.37. The summed E-state index contributed by atoms with van der Waals surface area (Å²) in [5.41, 5.74) is 1.32. The summed E-state index contributed by atoms with van der Waals surface area (Å²) in [6.45, 7) is 4.15. The number of nitrogens with zero attached hydrogens (tertiary/aromatic N) is 2. The normalized spacial score (nSPS) is 19.8. The fraction of sp³-hybridized carbons (Fsp3) is 0.500. The van der Waals surface area contributed by atoms with Gasteiger partial charge in [-0.3, -0.25) is 0 Å². The van der Waals surface area contributed by atoms with Crippen LogP contribution in [0.5, 0.6) is 0 Å². The molecule has 2 fully saturated rings. The summed E-state index contributed by atoms with van der Waals surface area (Å²) >= 11 is 5.44. The van der Waals surface area contributed by atoms with Crippen LogP contribution in [0.1, 0.15) is 12.8 Å². The number of para-hydroxylation sites is 1. The molecule has 4 heteroatoms. The second-order valence-electron chi connectivity index (χ2n) is 5.03. The van der Waals surface area contributed by atoms with E-state index in [1.807, 2.05) is 0 Å². The monoisotopic (exact) mass is 261 g/mol. The largest absolute Gasteiger partial charge is 0.368 e. The second kappa shape index (κ2) is 5.14. The molecule has 1 aliphatic heterocycles. The summed E-state index contributed by atoms with van der Waals surface area (Å²) in [4.78, 5) is 4.73. The van der Waals surface area contributed by atoms with Gasteiger partial charge in [0.15, 0.2) is 5.11 Å². The van der Waals surface area contributed by atoms with Crippen molar-refractivity contribution in [2.24, 2.45) is 0 Å². The van der Waals surface area contributed by atoms with Gasteiger partial charge in [-0.15, -0.1) is 0 Å². The molecule has 0 atom stereocenters. The molecule has 0 unspecified atom stereocenters. The van der Waals surface area contributed by atoms with Gasteiger partial charge in [0.25, 0.3) is 0 Å². The molecule has 1 aliphatic carbocycles. The van der Waals surface area contributed by atoms with Crippen LogP contribution >= 0.6 is 12.2 Å². The molecule has 0 aromatic heterocycles. The highest BCUT2D eigenvalue weighted by molar-refractivity contribution is 7.80. The van der Waals surface area contributed by atoms with Crippen molar-refractivity contribution in [3.05, 3.63) is 30.3 Å². The van der Waals surface area contributed by atoms with E-state index in [0.717, 1.165) is 31.3 Å². The molecule has 3 nitrogen and oxygen atoms in total.